The summed E-state index contributed by atoms with van der Waals surface area (Å²) in [6.07, 6.45) is 0. The first-order chi connectivity index (χ1) is 6.00. The molecule has 6 nitrogen and oxygen atoms in total. The number of rotatable bonds is 0. The van der Waals surface area contributed by atoms with Gasteiger partial charge >= 0.3 is 37.5 Å². The van der Waals surface area contributed by atoms with E-state index < -0.39 is 0 Å². The van der Waals surface area contributed by atoms with Gasteiger partial charge in [-0.1, -0.05) is 0 Å². The molecule has 8 heteroatoms. The predicted octanol–water partition coefficient (Wildman–Crippen LogP) is 0.573. The van der Waals surface area contributed by atoms with Crippen molar-refractivity contribution in [2.24, 2.45) is 0 Å². The van der Waals surface area contributed by atoms with Gasteiger partial charge in [0, 0.05) is 0 Å². The second-order valence-electron chi connectivity index (χ2n) is 0. The standard InChI is InChI=1S/6CN.Fe.Pd/c6*1-2;;/q6*-1;+4;+2. The first-order valence-electron chi connectivity index (χ1n) is 1.34. The maximum absolute atomic E-state index is 6.25. The topological polar surface area (TPSA) is 143 Å². The van der Waals surface area contributed by atoms with Crippen molar-refractivity contribution in [3.05, 3.63) is 39.4 Å². The van der Waals surface area contributed by atoms with Gasteiger partial charge in [0.2, 0.25) is 0 Å². The van der Waals surface area contributed by atoms with Crippen molar-refractivity contribution < 1.29 is 37.5 Å². The minimum absolute atomic E-state index is 0. The third kappa shape index (κ3) is 239. The first-order valence-corrected chi connectivity index (χ1v) is 1.34. The molecular weight excluding hydrogens is 318 g/mol. The third-order valence-electron chi connectivity index (χ3n) is 0. The van der Waals surface area contributed by atoms with Crippen molar-refractivity contribution in [2.75, 3.05) is 0 Å². The van der Waals surface area contributed by atoms with Crippen LogP contribution in [0.1, 0.15) is 0 Å². The van der Waals surface area contributed by atoms with Gasteiger partial charge in [-0.3, -0.25) is 0 Å². The fourth-order valence-corrected chi connectivity index (χ4v) is 0. The molecule has 0 radical (unpaired) electrons. The number of nitrogens with zero attached hydrogens (tertiary/aromatic N) is 6. The molecule has 0 aliphatic heterocycles. The predicted molar refractivity (Wildman–Crippen MR) is 29.8 cm³/mol. The molecule has 0 N–H and O–H groups in total. The van der Waals surface area contributed by atoms with Gasteiger partial charge in [-0.2, -0.15) is 0 Å². The Bertz CT molecular complexity index is 97.3. The fraction of sp³-hybridized carbons (Fsp3) is 0. The van der Waals surface area contributed by atoms with Crippen LogP contribution in [0.5, 0.6) is 0 Å². The van der Waals surface area contributed by atoms with Crippen molar-refractivity contribution in [1.29, 1.82) is 31.6 Å². The van der Waals surface area contributed by atoms with E-state index in [0.717, 1.165) is 0 Å². The molecule has 0 atom stereocenters. The zero-order valence-corrected chi connectivity index (χ0v) is 9.01. The van der Waals surface area contributed by atoms with Crippen molar-refractivity contribution in [2.45, 2.75) is 0 Å². The van der Waals surface area contributed by atoms with Crippen molar-refractivity contribution in [3.63, 3.8) is 0 Å². The van der Waals surface area contributed by atoms with E-state index in [-0.39, 0.29) is 37.5 Å². The summed E-state index contributed by atoms with van der Waals surface area (Å²) in [7, 11) is 0. The normalized spacial score (nSPS) is 0.857. The molecule has 0 aromatic rings. The Labute approximate surface area is 108 Å². The van der Waals surface area contributed by atoms with Crippen LogP contribution in [0, 0.1) is 71.0 Å². The van der Waals surface area contributed by atoms with Crippen LogP contribution in [0.2, 0.25) is 0 Å². The summed E-state index contributed by atoms with van der Waals surface area (Å²) in [5, 5.41) is 37.5. The minimum Gasteiger partial charge on any atom is -0.512 e. The second-order valence-corrected chi connectivity index (χ2v) is 0. The molecular formula is C6FeN6Pd. The van der Waals surface area contributed by atoms with E-state index in [0.29, 0.717) is 0 Å². The van der Waals surface area contributed by atoms with E-state index in [9.17, 15) is 0 Å². The quantitative estimate of drug-likeness (QED) is 0.472. The van der Waals surface area contributed by atoms with Crippen molar-refractivity contribution >= 4 is 0 Å². The Hall–Kier alpha value is -1.88. The molecule has 0 amide bonds. The molecule has 0 spiro atoms. The largest absolute Gasteiger partial charge is 4.00 e. The van der Waals surface area contributed by atoms with Crippen LogP contribution < -0.4 is 0 Å². The molecule has 14 heavy (non-hydrogen) atoms. The van der Waals surface area contributed by atoms with Gasteiger partial charge in [0.05, 0.1) is 0 Å². The van der Waals surface area contributed by atoms with Gasteiger partial charge in [-0.15, -0.1) is 0 Å². The van der Waals surface area contributed by atoms with Crippen LogP contribution in [-0.4, -0.2) is 0 Å². The van der Waals surface area contributed by atoms with Gasteiger partial charge in [-0.05, 0) is 0 Å². The van der Waals surface area contributed by atoms with Crippen molar-refractivity contribution in [1.82, 2.24) is 0 Å². The average molecular weight is 318 g/mol. The molecule has 0 saturated carbocycles. The SMILES string of the molecule is [C-]#N.[C-]#N.[C-]#N.[C-]#N.[C-]#N.[C-]#N.[Fe+4].[Pd+2]. The maximum Gasteiger partial charge on any atom is 4.00 e. The van der Waals surface area contributed by atoms with Crippen LogP contribution in [0.3, 0.4) is 0 Å². The van der Waals surface area contributed by atoms with Gasteiger partial charge < -0.3 is 71.0 Å². The van der Waals surface area contributed by atoms with Crippen LogP contribution in [0.25, 0.3) is 0 Å². The summed E-state index contributed by atoms with van der Waals surface area (Å²) >= 11 is 0. The smallest absolute Gasteiger partial charge is 0.512 e. The molecule has 0 heterocycles. The molecule has 0 saturated heterocycles. The summed E-state index contributed by atoms with van der Waals surface area (Å²) in [4.78, 5) is 0. The summed E-state index contributed by atoms with van der Waals surface area (Å²) in [6.45, 7) is 28.5. The van der Waals surface area contributed by atoms with E-state index in [1.54, 1.807) is 0 Å². The monoisotopic (exact) mass is 318 g/mol. The van der Waals surface area contributed by atoms with Gasteiger partial charge in [0.25, 0.3) is 0 Å². The Balaban J connectivity index is -0.00000000500. The van der Waals surface area contributed by atoms with E-state index in [2.05, 4.69) is 0 Å². The minimum atomic E-state index is 0. The number of hydrogen-bond acceptors (Lipinski definition) is 6. The zero-order chi connectivity index (χ0) is 12.0. The van der Waals surface area contributed by atoms with E-state index in [1.165, 1.54) is 0 Å². The second kappa shape index (κ2) is 323. The Morgan fingerprint density at radius 1 is 0.357 bits per heavy atom. The summed E-state index contributed by atoms with van der Waals surface area (Å²) < 4.78 is 0. The molecule has 0 bridgehead atoms. The molecule has 0 aromatic heterocycles. The van der Waals surface area contributed by atoms with Gasteiger partial charge in [-0.25, -0.2) is 0 Å². The molecule has 0 rings (SSSR count). The van der Waals surface area contributed by atoms with E-state index in [1.807, 2.05) is 0 Å². The Morgan fingerprint density at radius 2 is 0.357 bits per heavy atom. The van der Waals surface area contributed by atoms with Crippen LogP contribution in [0.4, 0.5) is 0 Å². The van der Waals surface area contributed by atoms with Crippen LogP contribution in [-0.2, 0) is 37.5 Å². The first kappa shape index (κ1) is 88.3. The molecule has 0 aromatic carbocycles. The van der Waals surface area contributed by atoms with Gasteiger partial charge in [0.1, 0.15) is 0 Å². The molecule has 0 aliphatic carbocycles. The van der Waals surface area contributed by atoms with Crippen molar-refractivity contribution in [3.8, 4) is 0 Å². The maximum atomic E-state index is 6.25. The average Bonchev–Trinajstić information content (AvgIpc) is 2.33. The number of hydrogen-bond donors (Lipinski definition) is 0. The zero-order valence-electron chi connectivity index (χ0n) is 6.35. The van der Waals surface area contributed by atoms with Crippen LogP contribution in [0.15, 0.2) is 0 Å². The van der Waals surface area contributed by atoms with E-state index in [4.69, 9.17) is 71.0 Å². The summed E-state index contributed by atoms with van der Waals surface area (Å²) in [5.74, 6) is 0. The van der Waals surface area contributed by atoms with Gasteiger partial charge in [0.15, 0.2) is 0 Å². The fourth-order valence-electron chi connectivity index (χ4n) is 0. The van der Waals surface area contributed by atoms with E-state index >= 15 is 0 Å². The molecule has 0 aliphatic rings. The molecule has 72 valence electrons. The molecule has 0 fully saturated rings. The van der Waals surface area contributed by atoms with Crippen LogP contribution >= 0.6 is 0 Å². The Kier molecular flexibility index (Phi) is 2040. The summed E-state index contributed by atoms with van der Waals surface area (Å²) in [5.41, 5.74) is 0. The molecule has 0 unspecified atom stereocenters. The third-order valence-corrected chi connectivity index (χ3v) is 0. The Morgan fingerprint density at radius 3 is 0.357 bits per heavy atom. The summed E-state index contributed by atoms with van der Waals surface area (Å²) in [6, 6.07) is 0.